The van der Waals surface area contributed by atoms with Crippen LogP contribution >= 0.6 is 7.82 Å². The number of allylic oxidation sites excluding steroid dienone is 1. The van der Waals surface area contributed by atoms with Crippen LogP contribution in [0.1, 0.15) is 58.3 Å². The molecule has 0 rings (SSSR count). The molecule has 124 valence electrons. The first-order valence-electron chi connectivity index (χ1n) is 7.45. The van der Waals surface area contributed by atoms with Gasteiger partial charge in [0.1, 0.15) is 0 Å². The van der Waals surface area contributed by atoms with Gasteiger partial charge in [0.25, 0.3) is 0 Å². The molecule has 0 unspecified atom stereocenters. The Bertz CT molecular complexity index is 336. The topological polar surface area (TPSA) is 93.1 Å². The van der Waals surface area contributed by atoms with E-state index in [0.29, 0.717) is 13.0 Å². The molecule has 0 aromatic rings. The molecule has 0 aromatic carbocycles. The van der Waals surface area contributed by atoms with E-state index in [1.54, 1.807) is 13.0 Å². The van der Waals surface area contributed by atoms with Crippen LogP contribution in [0.4, 0.5) is 0 Å². The van der Waals surface area contributed by atoms with Crippen LogP contribution in [0.5, 0.6) is 0 Å². The molecular formula is C14H27O6P. The molecule has 0 heterocycles. The molecule has 0 atom stereocenters. The molecule has 0 radical (unpaired) electrons. The van der Waals surface area contributed by atoms with Crippen molar-refractivity contribution in [2.75, 3.05) is 13.2 Å². The first kappa shape index (κ1) is 20.3. The van der Waals surface area contributed by atoms with Gasteiger partial charge in [0.15, 0.2) is 0 Å². The number of hydrogen-bond acceptors (Lipinski definition) is 4. The van der Waals surface area contributed by atoms with Crippen molar-refractivity contribution < 1.29 is 28.4 Å². The Morgan fingerprint density at radius 2 is 1.43 bits per heavy atom. The monoisotopic (exact) mass is 322 g/mol. The van der Waals surface area contributed by atoms with Crippen molar-refractivity contribution in [1.82, 2.24) is 0 Å². The zero-order chi connectivity index (χ0) is 16.0. The van der Waals surface area contributed by atoms with Gasteiger partial charge in [0.05, 0.1) is 13.2 Å². The van der Waals surface area contributed by atoms with E-state index >= 15 is 0 Å². The molecule has 0 aliphatic heterocycles. The Labute approximate surface area is 126 Å². The molecule has 0 aliphatic rings. The lowest BCUT2D eigenvalue weighted by molar-refractivity contribution is -0.137. The van der Waals surface area contributed by atoms with Crippen LogP contribution < -0.4 is 0 Å². The standard InChI is InChI=1S/C14H27O6P/c1-2-11-14(15)19-12-9-7-5-3-4-6-8-10-13-20-21(16,17)18/h2,11H,3-10,12-13H2,1H3,(H2,16,17,18)/b11-2+. The molecule has 6 nitrogen and oxygen atoms in total. The van der Waals surface area contributed by atoms with Crippen molar-refractivity contribution >= 4 is 13.8 Å². The van der Waals surface area contributed by atoms with Crippen molar-refractivity contribution in [3.05, 3.63) is 12.2 Å². The van der Waals surface area contributed by atoms with Crippen LogP contribution in [-0.4, -0.2) is 29.0 Å². The first-order chi connectivity index (χ1) is 9.95. The Kier molecular flexibility index (Phi) is 12.6. The van der Waals surface area contributed by atoms with E-state index in [9.17, 15) is 9.36 Å². The van der Waals surface area contributed by atoms with Gasteiger partial charge in [-0.15, -0.1) is 0 Å². The van der Waals surface area contributed by atoms with E-state index in [1.807, 2.05) is 0 Å². The fraction of sp³-hybridized carbons (Fsp3) is 0.786. The summed E-state index contributed by atoms with van der Waals surface area (Å²) in [5.74, 6) is -0.282. The number of esters is 1. The summed E-state index contributed by atoms with van der Waals surface area (Å²) in [5.41, 5.74) is 0. The lowest BCUT2D eigenvalue weighted by Crippen LogP contribution is -2.01. The normalized spacial score (nSPS) is 12.0. The van der Waals surface area contributed by atoms with Crippen molar-refractivity contribution in [2.45, 2.75) is 58.3 Å². The highest BCUT2D eigenvalue weighted by atomic mass is 31.2. The van der Waals surface area contributed by atoms with Crippen molar-refractivity contribution in [2.24, 2.45) is 0 Å². The van der Waals surface area contributed by atoms with Crippen LogP contribution in [0.3, 0.4) is 0 Å². The number of ether oxygens (including phenoxy) is 1. The van der Waals surface area contributed by atoms with Gasteiger partial charge in [0.2, 0.25) is 0 Å². The smallest absolute Gasteiger partial charge is 0.463 e. The van der Waals surface area contributed by atoms with Crippen molar-refractivity contribution in [3.8, 4) is 0 Å². The van der Waals surface area contributed by atoms with E-state index < -0.39 is 7.82 Å². The van der Waals surface area contributed by atoms with Gasteiger partial charge in [-0.3, -0.25) is 4.52 Å². The minimum absolute atomic E-state index is 0.113. The minimum atomic E-state index is -4.29. The molecule has 2 N–H and O–H groups in total. The van der Waals surface area contributed by atoms with Crippen molar-refractivity contribution in [3.63, 3.8) is 0 Å². The molecule has 21 heavy (non-hydrogen) atoms. The number of phosphoric acid groups is 1. The summed E-state index contributed by atoms with van der Waals surface area (Å²) in [6.45, 7) is 2.37. The number of hydrogen-bond donors (Lipinski definition) is 2. The van der Waals surface area contributed by atoms with Crippen LogP contribution in [-0.2, 0) is 18.6 Å². The van der Waals surface area contributed by atoms with Crippen LogP contribution in [0.15, 0.2) is 12.2 Å². The summed E-state index contributed by atoms with van der Waals surface area (Å²) in [4.78, 5) is 28.0. The quantitative estimate of drug-likeness (QED) is 0.234. The summed E-state index contributed by atoms with van der Waals surface area (Å²) in [7, 11) is -4.29. The molecule has 0 saturated carbocycles. The minimum Gasteiger partial charge on any atom is -0.463 e. The van der Waals surface area contributed by atoms with Gasteiger partial charge in [-0.05, 0) is 19.8 Å². The third kappa shape index (κ3) is 17.3. The SMILES string of the molecule is C/C=C/C(=O)OCCCCCCCCCCOP(=O)(O)O. The first-order valence-corrected chi connectivity index (χ1v) is 8.98. The summed E-state index contributed by atoms with van der Waals surface area (Å²) in [6, 6.07) is 0. The molecule has 0 aromatic heterocycles. The molecule has 0 bridgehead atoms. The van der Waals surface area contributed by atoms with Gasteiger partial charge < -0.3 is 14.5 Å². The summed E-state index contributed by atoms with van der Waals surface area (Å²) >= 11 is 0. The van der Waals surface area contributed by atoms with E-state index in [-0.39, 0.29) is 12.6 Å². The molecular weight excluding hydrogens is 295 g/mol. The van der Waals surface area contributed by atoms with Gasteiger partial charge in [0, 0.05) is 6.08 Å². The predicted octanol–water partition coefficient (Wildman–Crippen LogP) is 3.34. The molecule has 0 aliphatic carbocycles. The molecule has 0 fully saturated rings. The maximum Gasteiger partial charge on any atom is 0.469 e. The molecule has 0 spiro atoms. The average Bonchev–Trinajstić information content (AvgIpc) is 2.39. The van der Waals surface area contributed by atoms with E-state index in [0.717, 1.165) is 44.9 Å². The van der Waals surface area contributed by atoms with Gasteiger partial charge in [-0.2, -0.15) is 0 Å². The second-order valence-corrected chi connectivity index (χ2v) is 6.06. The number of unbranched alkanes of at least 4 members (excludes halogenated alkanes) is 7. The zero-order valence-electron chi connectivity index (χ0n) is 12.7. The van der Waals surface area contributed by atoms with Crippen LogP contribution in [0.25, 0.3) is 0 Å². The highest BCUT2D eigenvalue weighted by Crippen LogP contribution is 2.35. The van der Waals surface area contributed by atoms with E-state index in [2.05, 4.69) is 4.52 Å². The van der Waals surface area contributed by atoms with E-state index in [4.69, 9.17) is 14.5 Å². The molecule has 0 saturated heterocycles. The number of carbonyl (C=O) groups is 1. The lowest BCUT2D eigenvalue weighted by Gasteiger charge is -2.05. The van der Waals surface area contributed by atoms with Crippen molar-refractivity contribution in [1.29, 1.82) is 0 Å². The number of carbonyl (C=O) groups excluding carboxylic acids is 1. The number of phosphoric ester groups is 1. The Balaban J connectivity index is 3.16. The average molecular weight is 322 g/mol. The molecule has 0 amide bonds. The number of rotatable bonds is 13. The second-order valence-electron chi connectivity index (χ2n) is 4.82. The molecule has 7 heteroatoms. The largest absolute Gasteiger partial charge is 0.469 e. The second kappa shape index (κ2) is 13.0. The predicted molar refractivity (Wildman–Crippen MR) is 80.7 cm³/mol. The maximum absolute atomic E-state index is 11.0. The summed E-state index contributed by atoms with van der Waals surface area (Å²) in [6.07, 6.45) is 11.0. The van der Waals surface area contributed by atoms with Crippen LogP contribution in [0, 0.1) is 0 Å². The summed E-state index contributed by atoms with van der Waals surface area (Å²) < 4.78 is 19.7. The lowest BCUT2D eigenvalue weighted by atomic mass is 10.1. The zero-order valence-corrected chi connectivity index (χ0v) is 13.6. The highest BCUT2D eigenvalue weighted by molar-refractivity contribution is 7.46. The van der Waals surface area contributed by atoms with Gasteiger partial charge in [-0.25, -0.2) is 9.36 Å². The van der Waals surface area contributed by atoms with Gasteiger partial charge in [-0.1, -0.05) is 44.6 Å². The Hall–Kier alpha value is -0.680. The third-order valence-electron chi connectivity index (χ3n) is 2.85. The van der Waals surface area contributed by atoms with Gasteiger partial charge >= 0.3 is 13.8 Å². The van der Waals surface area contributed by atoms with Crippen LogP contribution in [0.2, 0.25) is 0 Å². The Morgan fingerprint density at radius 3 is 1.90 bits per heavy atom. The highest BCUT2D eigenvalue weighted by Gasteiger charge is 2.12. The fourth-order valence-corrected chi connectivity index (χ4v) is 2.17. The fourth-order valence-electron chi connectivity index (χ4n) is 1.81. The summed E-state index contributed by atoms with van der Waals surface area (Å²) in [5, 5.41) is 0. The third-order valence-corrected chi connectivity index (χ3v) is 3.36. The Morgan fingerprint density at radius 1 is 0.952 bits per heavy atom. The maximum atomic E-state index is 11.0. The van der Waals surface area contributed by atoms with E-state index in [1.165, 1.54) is 6.08 Å².